The quantitative estimate of drug-likeness (QED) is 0.477. The van der Waals surface area contributed by atoms with E-state index in [0.29, 0.717) is 5.76 Å². The van der Waals surface area contributed by atoms with Gasteiger partial charge in [0.05, 0.1) is 16.3 Å². The van der Waals surface area contributed by atoms with E-state index in [0.717, 1.165) is 48.4 Å². The summed E-state index contributed by atoms with van der Waals surface area (Å²) in [5.41, 5.74) is 2.22. The minimum absolute atomic E-state index is 0.196. The van der Waals surface area contributed by atoms with Crippen LogP contribution in [-0.2, 0) is 6.18 Å². The van der Waals surface area contributed by atoms with Gasteiger partial charge in [-0.1, -0.05) is 11.6 Å². The Kier molecular flexibility index (Phi) is 5.28. The lowest BCUT2D eigenvalue weighted by Gasteiger charge is -2.15. The SMILES string of the molecule is FC(F)(F)c1ccc(Cl)c(-c2ccc(C=C3CCCN=C3c3cccnc3)o2)c1. The zero-order chi connectivity index (χ0) is 20.4. The highest BCUT2D eigenvalue weighted by molar-refractivity contribution is 6.33. The number of benzene rings is 1. The molecule has 0 saturated heterocycles. The Labute approximate surface area is 170 Å². The van der Waals surface area contributed by atoms with Gasteiger partial charge >= 0.3 is 6.18 Å². The van der Waals surface area contributed by atoms with Gasteiger partial charge in [0.15, 0.2) is 0 Å². The predicted octanol–water partition coefficient (Wildman–Crippen LogP) is 6.68. The minimum atomic E-state index is -4.45. The van der Waals surface area contributed by atoms with Gasteiger partial charge in [-0.25, -0.2) is 0 Å². The number of nitrogens with zero attached hydrogens (tertiary/aromatic N) is 2. The Bertz CT molecular complexity index is 1080. The van der Waals surface area contributed by atoms with Gasteiger partial charge in [0, 0.05) is 30.1 Å². The van der Waals surface area contributed by atoms with E-state index in [1.54, 1.807) is 24.5 Å². The van der Waals surface area contributed by atoms with Gasteiger partial charge in [-0.05, 0) is 67.0 Å². The zero-order valence-corrected chi connectivity index (χ0v) is 16.0. The molecule has 4 rings (SSSR count). The van der Waals surface area contributed by atoms with Crippen molar-refractivity contribution in [3.63, 3.8) is 0 Å². The molecule has 0 bridgehead atoms. The highest BCUT2D eigenvalue weighted by Crippen LogP contribution is 2.37. The fourth-order valence-corrected chi connectivity index (χ4v) is 3.45. The second-order valence-electron chi connectivity index (χ2n) is 6.64. The molecule has 1 aliphatic heterocycles. The third-order valence-corrected chi connectivity index (χ3v) is 4.95. The highest BCUT2D eigenvalue weighted by atomic mass is 35.5. The number of pyridine rings is 1. The average Bonchev–Trinajstić information content (AvgIpc) is 3.17. The van der Waals surface area contributed by atoms with Crippen LogP contribution in [0.25, 0.3) is 17.4 Å². The number of alkyl halides is 3. The van der Waals surface area contributed by atoms with Gasteiger partial charge in [0.2, 0.25) is 0 Å². The Hall–Kier alpha value is -2.86. The molecule has 29 heavy (non-hydrogen) atoms. The predicted molar refractivity (Wildman–Crippen MR) is 107 cm³/mol. The van der Waals surface area contributed by atoms with Crippen molar-refractivity contribution in [2.24, 2.45) is 4.99 Å². The van der Waals surface area contributed by atoms with Crippen LogP contribution in [0.5, 0.6) is 0 Å². The summed E-state index contributed by atoms with van der Waals surface area (Å²) < 4.78 is 44.9. The van der Waals surface area contributed by atoms with Crippen LogP contribution in [0.15, 0.2) is 69.8 Å². The first-order valence-corrected chi connectivity index (χ1v) is 9.42. The van der Waals surface area contributed by atoms with Gasteiger partial charge in [-0.15, -0.1) is 0 Å². The Morgan fingerprint density at radius 1 is 1.10 bits per heavy atom. The van der Waals surface area contributed by atoms with Crippen molar-refractivity contribution in [1.82, 2.24) is 4.98 Å². The molecule has 1 aromatic carbocycles. The molecule has 0 saturated carbocycles. The van der Waals surface area contributed by atoms with Crippen LogP contribution in [0.1, 0.15) is 29.7 Å². The lowest BCUT2D eigenvalue weighted by molar-refractivity contribution is -0.137. The molecular weight excluding hydrogens is 401 g/mol. The van der Waals surface area contributed by atoms with Crippen molar-refractivity contribution in [2.45, 2.75) is 19.0 Å². The first kappa shape index (κ1) is 19.5. The maximum Gasteiger partial charge on any atom is 0.416 e. The molecule has 0 aliphatic carbocycles. The van der Waals surface area contributed by atoms with Gasteiger partial charge in [0.25, 0.3) is 0 Å². The van der Waals surface area contributed by atoms with E-state index in [1.807, 2.05) is 18.2 Å². The molecule has 7 heteroatoms. The van der Waals surface area contributed by atoms with Crippen LogP contribution in [0.2, 0.25) is 5.02 Å². The molecule has 0 radical (unpaired) electrons. The number of aliphatic imine (C=N–C) groups is 1. The van der Waals surface area contributed by atoms with Crippen molar-refractivity contribution in [1.29, 1.82) is 0 Å². The summed E-state index contributed by atoms with van der Waals surface area (Å²) in [4.78, 5) is 8.76. The van der Waals surface area contributed by atoms with Crippen molar-refractivity contribution in [3.05, 3.63) is 82.3 Å². The van der Waals surface area contributed by atoms with E-state index >= 15 is 0 Å². The standard InChI is InChI=1S/C22H16ClF3N2O/c23-19-7-5-16(22(24,25)26)12-18(19)20-8-6-17(29-20)11-14-3-2-10-28-21(14)15-4-1-9-27-13-15/h1,4-9,11-13H,2-3,10H2. The molecule has 0 N–H and O–H groups in total. The highest BCUT2D eigenvalue weighted by Gasteiger charge is 2.31. The number of rotatable bonds is 3. The second-order valence-corrected chi connectivity index (χ2v) is 7.05. The Balaban J connectivity index is 1.68. The first-order chi connectivity index (χ1) is 13.9. The lowest BCUT2D eigenvalue weighted by Crippen LogP contribution is -2.11. The molecule has 0 unspecified atom stereocenters. The molecular formula is C22H16ClF3N2O. The maximum atomic E-state index is 13.0. The molecule has 3 aromatic rings. The fourth-order valence-electron chi connectivity index (χ4n) is 3.24. The lowest BCUT2D eigenvalue weighted by atomic mass is 9.96. The van der Waals surface area contributed by atoms with E-state index in [9.17, 15) is 13.2 Å². The van der Waals surface area contributed by atoms with E-state index < -0.39 is 11.7 Å². The number of halogens is 4. The van der Waals surface area contributed by atoms with E-state index in [4.69, 9.17) is 16.0 Å². The topological polar surface area (TPSA) is 38.4 Å². The summed E-state index contributed by atoms with van der Waals surface area (Å²) in [5.74, 6) is 0.811. The third kappa shape index (κ3) is 4.27. The van der Waals surface area contributed by atoms with Crippen LogP contribution < -0.4 is 0 Å². The van der Waals surface area contributed by atoms with Crippen molar-refractivity contribution >= 4 is 23.4 Å². The number of hydrogen-bond donors (Lipinski definition) is 0. The fraction of sp³-hybridized carbons (Fsp3) is 0.182. The van der Waals surface area contributed by atoms with Crippen molar-refractivity contribution < 1.29 is 17.6 Å². The van der Waals surface area contributed by atoms with Crippen LogP contribution >= 0.6 is 11.6 Å². The van der Waals surface area contributed by atoms with Crippen LogP contribution in [0, 0.1) is 0 Å². The molecule has 0 atom stereocenters. The summed E-state index contributed by atoms with van der Waals surface area (Å²) in [5, 5.41) is 0.196. The number of allylic oxidation sites excluding steroid dienone is 1. The normalized spacial score (nSPS) is 16.1. The molecule has 0 spiro atoms. The van der Waals surface area contributed by atoms with E-state index in [-0.39, 0.29) is 16.3 Å². The van der Waals surface area contributed by atoms with Crippen LogP contribution in [0.3, 0.4) is 0 Å². The molecule has 3 heterocycles. The summed E-state index contributed by atoms with van der Waals surface area (Å²) >= 11 is 6.12. The van der Waals surface area contributed by atoms with Crippen LogP contribution in [-0.4, -0.2) is 17.2 Å². The first-order valence-electron chi connectivity index (χ1n) is 9.04. The molecule has 0 amide bonds. The minimum Gasteiger partial charge on any atom is -0.457 e. The van der Waals surface area contributed by atoms with Crippen molar-refractivity contribution in [2.75, 3.05) is 6.54 Å². The number of aromatic nitrogens is 1. The number of furan rings is 1. The molecule has 3 nitrogen and oxygen atoms in total. The summed E-state index contributed by atoms with van der Waals surface area (Å²) in [6.07, 6.45) is 2.63. The Morgan fingerprint density at radius 2 is 1.97 bits per heavy atom. The molecule has 1 aliphatic rings. The van der Waals surface area contributed by atoms with Gasteiger partial charge in [0.1, 0.15) is 11.5 Å². The number of hydrogen-bond acceptors (Lipinski definition) is 3. The average molecular weight is 417 g/mol. The second kappa shape index (κ2) is 7.87. The van der Waals surface area contributed by atoms with E-state index in [2.05, 4.69) is 9.98 Å². The summed E-state index contributed by atoms with van der Waals surface area (Å²) in [6.45, 7) is 0.741. The van der Waals surface area contributed by atoms with Gasteiger partial charge in [-0.2, -0.15) is 13.2 Å². The molecule has 148 valence electrons. The van der Waals surface area contributed by atoms with Crippen LogP contribution in [0.4, 0.5) is 13.2 Å². The smallest absolute Gasteiger partial charge is 0.416 e. The molecule has 0 fully saturated rings. The van der Waals surface area contributed by atoms with Crippen molar-refractivity contribution in [3.8, 4) is 11.3 Å². The zero-order valence-electron chi connectivity index (χ0n) is 15.2. The third-order valence-electron chi connectivity index (χ3n) is 4.62. The summed E-state index contributed by atoms with van der Waals surface area (Å²) in [7, 11) is 0. The monoisotopic (exact) mass is 416 g/mol. The van der Waals surface area contributed by atoms with Gasteiger partial charge < -0.3 is 4.42 Å². The summed E-state index contributed by atoms with van der Waals surface area (Å²) in [6, 6.07) is 10.3. The van der Waals surface area contributed by atoms with Gasteiger partial charge in [-0.3, -0.25) is 9.98 Å². The Morgan fingerprint density at radius 3 is 2.72 bits per heavy atom. The maximum absolute atomic E-state index is 13.0. The van der Waals surface area contributed by atoms with E-state index in [1.165, 1.54) is 6.07 Å². The largest absolute Gasteiger partial charge is 0.457 e. The molecule has 2 aromatic heterocycles.